The summed E-state index contributed by atoms with van der Waals surface area (Å²) >= 11 is 6.28. The molecule has 5 nitrogen and oxygen atoms in total. The number of aromatic nitrogens is 1. The molecule has 0 spiro atoms. The molecule has 1 aromatic heterocycles. The summed E-state index contributed by atoms with van der Waals surface area (Å²) in [6.07, 6.45) is 0. The number of nitrogens with zero attached hydrogens (tertiary/aromatic N) is 1. The van der Waals surface area contributed by atoms with Crippen LogP contribution in [0.1, 0.15) is 10.5 Å². The molecule has 0 unspecified atom stereocenters. The normalized spacial score (nSPS) is 12.8. The molecule has 0 atom stereocenters. The van der Waals surface area contributed by atoms with Crippen LogP contribution in [0.25, 0.3) is 10.9 Å². The van der Waals surface area contributed by atoms with Gasteiger partial charge in [0.2, 0.25) is 0 Å². The molecule has 6 heteroatoms. The molecule has 0 radical (unpaired) electrons. The Balaban J connectivity index is 1.75. The average molecular weight is 343 g/mol. The molecule has 1 aliphatic heterocycles. The lowest BCUT2D eigenvalue weighted by molar-refractivity contribution is 0.101. The Kier molecular flexibility index (Phi) is 3.58. The van der Waals surface area contributed by atoms with Gasteiger partial charge in [0.1, 0.15) is 23.8 Å². The van der Waals surface area contributed by atoms with E-state index in [1.807, 2.05) is 34.9 Å². The molecule has 3 aromatic rings. The van der Waals surface area contributed by atoms with Crippen LogP contribution < -0.4 is 14.8 Å². The van der Waals surface area contributed by atoms with Crippen molar-refractivity contribution in [3.8, 4) is 11.5 Å². The number of benzene rings is 2. The van der Waals surface area contributed by atoms with Crippen LogP contribution in [0.3, 0.4) is 0 Å². The molecule has 0 fully saturated rings. The molecule has 0 aliphatic carbocycles. The minimum Gasteiger partial charge on any atom is -0.497 e. The molecule has 0 bridgehead atoms. The van der Waals surface area contributed by atoms with Crippen LogP contribution in [0.5, 0.6) is 11.5 Å². The summed E-state index contributed by atoms with van der Waals surface area (Å²) in [5.41, 5.74) is 2.10. The van der Waals surface area contributed by atoms with Crippen molar-refractivity contribution in [2.24, 2.45) is 0 Å². The average Bonchev–Trinajstić information content (AvgIpc) is 3.00. The molecular weight excluding hydrogens is 328 g/mol. The van der Waals surface area contributed by atoms with E-state index < -0.39 is 0 Å². The first kappa shape index (κ1) is 14.9. The van der Waals surface area contributed by atoms with Crippen LogP contribution in [-0.2, 0) is 6.54 Å². The topological polar surface area (TPSA) is 52.5 Å². The van der Waals surface area contributed by atoms with E-state index in [9.17, 15) is 4.79 Å². The number of methoxy groups -OCH3 is 1. The second-order valence-corrected chi connectivity index (χ2v) is 5.93. The number of hydrogen-bond donors (Lipinski definition) is 1. The van der Waals surface area contributed by atoms with Gasteiger partial charge in [0.15, 0.2) is 0 Å². The molecule has 2 heterocycles. The Morgan fingerprint density at radius 1 is 1.29 bits per heavy atom. The van der Waals surface area contributed by atoms with E-state index in [-0.39, 0.29) is 5.91 Å². The highest BCUT2D eigenvalue weighted by Crippen LogP contribution is 2.36. The van der Waals surface area contributed by atoms with Crippen molar-refractivity contribution in [2.75, 3.05) is 19.0 Å². The molecular formula is C18H15ClN2O3. The summed E-state index contributed by atoms with van der Waals surface area (Å²) in [6, 6.07) is 12.7. The second-order valence-electron chi connectivity index (χ2n) is 5.52. The Hall–Kier alpha value is -2.66. The lowest BCUT2D eigenvalue weighted by Gasteiger charge is -2.19. The van der Waals surface area contributed by atoms with Gasteiger partial charge in [-0.25, -0.2) is 0 Å². The van der Waals surface area contributed by atoms with E-state index in [4.69, 9.17) is 21.1 Å². The highest BCUT2D eigenvalue weighted by atomic mass is 35.5. The molecule has 0 saturated heterocycles. The van der Waals surface area contributed by atoms with Crippen LogP contribution in [0.15, 0.2) is 42.5 Å². The van der Waals surface area contributed by atoms with Crippen molar-refractivity contribution in [1.82, 2.24) is 4.57 Å². The summed E-state index contributed by atoms with van der Waals surface area (Å²) in [7, 11) is 1.59. The van der Waals surface area contributed by atoms with E-state index >= 15 is 0 Å². The largest absolute Gasteiger partial charge is 0.497 e. The summed E-state index contributed by atoms with van der Waals surface area (Å²) in [4.78, 5) is 12.8. The third-order valence-electron chi connectivity index (χ3n) is 4.10. The fraction of sp³-hybridized carbons (Fsp3) is 0.167. The standard InChI is InChI=1S/C18H15ClN2O3/c1-23-12-4-2-3-11(9-12)20-18(22)15-10-13-14(19)5-6-16-17(13)21(15)7-8-24-16/h2-6,9-10H,7-8H2,1H3,(H,20,22). The number of anilines is 1. The zero-order valence-corrected chi connectivity index (χ0v) is 13.8. The second kappa shape index (κ2) is 5.76. The lowest BCUT2D eigenvalue weighted by atomic mass is 10.2. The predicted molar refractivity (Wildman–Crippen MR) is 93.4 cm³/mol. The highest BCUT2D eigenvalue weighted by Gasteiger charge is 2.23. The molecule has 0 saturated carbocycles. The van der Waals surface area contributed by atoms with Gasteiger partial charge in [-0.3, -0.25) is 4.79 Å². The summed E-state index contributed by atoms with van der Waals surface area (Å²) in [6.45, 7) is 1.13. The molecule has 24 heavy (non-hydrogen) atoms. The first-order valence-corrected chi connectivity index (χ1v) is 7.95. The molecule has 1 N–H and O–H groups in total. The van der Waals surface area contributed by atoms with Crippen molar-refractivity contribution in [3.63, 3.8) is 0 Å². The van der Waals surface area contributed by atoms with Gasteiger partial charge in [-0.2, -0.15) is 0 Å². The highest BCUT2D eigenvalue weighted by molar-refractivity contribution is 6.36. The van der Waals surface area contributed by atoms with E-state index in [2.05, 4.69) is 5.32 Å². The van der Waals surface area contributed by atoms with Gasteiger partial charge in [-0.1, -0.05) is 17.7 Å². The van der Waals surface area contributed by atoms with Gasteiger partial charge in [-0.15, -0.1) is 0 Å². The molecule has 4 rings (SSSR count). The molecule has 2 aromatic carbocycles. The third-order valence-corrected chi connectivity index (χ3v) is 4.43. The molecule has 122 valence electrons. The number of carbonyl (C=O) groups excluding carboxylic acids is 1. The number of amides is 1. The zero-order chi connectivity index (χ0) is 16.7. The maximum atomic E-state index is 12.8. The van der Waals surface area contributed by atoms with Crippen molar-refractivity contribution < 1.29 is 14.3 Å². The van der Waals surface area contributed by atoms with Gasteiger partial charge < -0.3 is 19.4 Å². The molecule has 1 amide bonds. The van der Waals surface area contributed by atoms with Gasteiger partial charge in [0, 0.05) is 17.1 Å². The number of halogens is 1. The maximum Gasteiger partial charge on any atom is 0.272 e. The Labute approximate surface area is 143 Å². The minimum atomic E-state index is -0.191. The Morgan fingerprint density at radius 2 is 2.17 bits per heavy atom. The molecule has 1 aliphatic rings. The van der Waals surface area contributed by atoms with Crippen LogP contribution in [-0.4, -0.2) is 24.2 Å². The smallest absolute Gasteiger partial charge is 0.272 e. The van der Waals surface area contributed by atoms with Crippen molar-refractivity contribution in [1.29, 1.82) is 0 Å². The zero-order valence-electron chi connectivity index (χ0n) is 13.0. The number of ether oxygens (including phenoxy) is 2. The number of hydrogen-bond acceptors (Lipinski definition) is 3. The first-order valence-electron chi connectivity index (χ1n) is 7.57. The number of carbonyl (C=O) groups is 1. The Bertz CT molecular complexity index is 949. The quantitative estimate of drug-likeness (QED) is 0.784. The third kappa shape index (κ3) is 2.37. The van der Waals surface area contributed by atoms with Gasteiger partial charge in [0.05, 0.1) is 24.2 Å². The van der Waals surface area contributed by atoms with Crippen LogP contribution in [0.4, 0.5) is 5.69 Å². The van der Waals surface area contributed by atoms with Crippen LogP contribution in [0, 0.1) is 0 Å². The summed E-state index contributed by atoms with van der Waals surface area (Å²) in [5.74, 6) is 1.25. The van der Waals surface area contributed by atoms with Crippen molar-refractivity contribution in [3.05, 3.63) is 53.2 Å². The van der Waals surface area contributed by atoms with Crippen molar-refractivity contribution in [2.45, 2.75) is 6.54 Å². The summed E-state index contributed by atoms with van der Waals surface area (Å²) < 4.78 is 12.8. The maximum absolute atomic E-state index is 12.8. The fourth-order valence-corrected chi connectivity index (χ4v) is 3.20. The monoisotopic (exact) mass is 342 g/mol. The van der Waals surface area contributed by atoms with Crippen LogP contribution >= 0.6 is 11.6 Å². The number of rotatable bonds is 3. The van der Waals surface area contributed by atoms with Crippen molar-refractivity contribution >= 4 is 34.1 Å². The SMILES string of the molecule is COc1cccc(NC(=O)c2cc3c(Cl)ccc4c3n2CCO4)c1. The van der Waals surface area contributed by atoms with E-state index in [1.165, 1.54) is 0 Å². The number of nitrogens with one attached hydrogen (secondary N) is 1. The van der Waals surface area contributed by atoms with Gasteiger partial charge >= 0.3 is 0 Å². The van der Waals surface area contributed by atoms with E-state index in [0.29, 0.717) is 35.3 Å². The van der Waals surface area contributed by atoms with Gasteiger partial charge in [-0.05, 0) is 30.3 Å². The first-order chi connectivity index (χ1) is 11.7. The lowest BCUT2D eigenvalue weighted by Crippen LogP contribution is -2.21. The minimum absolute atomic E-state index is 0.191. The Morgan fingerprint density at radius 3 is 3.00 bits per heavy atom. The van der Waals surface area contributed by atoms with E-state index in [1.54, 1.807) is 19.2 Å². The predicted octanol–water partition coefficient (Wildman–Crippen LogP) is 3.95. The summed E-state index contributed by atoms with van der Waals surface area (Å²) in [5, 5.41) is 4.34. The fourth-order valence-electron chi connectivity index (χ4n) is 2.99. The van der Waals surface area contributed by atoms with Crippen LogP contribution in [0.2, 0.25) is 5.02 Å². The van der Waals surface area contributed by atoms with E-state index in [0.717, 1.165) is 16.7 Å². The van der Waals surface area contributed by atoms with Gasteiger partial charge in [0.25, 0.3) is 5.91 Å².